The van der Waals surface area contributed by atoms with E-state index in [4.69, 9.17) is 9.47 Å². The average molecular weight is 445 g/mol. The topological polar surface area (TPSA) is 18.5 Å². The fourth-order valence-electron chi connectivity index (χ4n) is 0.848. The molecule has 0 amide bonds. The number of hydrogen-bond donors (Lipinski definition) is 0. The van der Waals surface area contributed by atoms with Crippen LogP contribution in [-0.2, 0) is 0 Å². The minimum Gasteiger partial charge on any atom is 2.00 e. The van der Waals surface area contributed by atoms with Gasteiger partial charge in [0.15, 0.2) is 0 Å². The van der Waals surface area contributed by atoms with Crippen molar-refractivity contribution in [3.8, 4) is 11.5 Å². The van der Waals surface area contributed by atoms with Crippen LogP contribution >= 0.6 is 0 Å². The van der Waals surface area contributed by atoms with E-state index >= 15 is 0 Å². The molecular weight excluding hydrogens is 429 g/mol. The van der Waals surface area contributed by atoms with Crippen molar-refractivity contribution in [2.75, 3.05) is 14.2 Å². The molecule has 5 heteroatoms. The summed E-state index contributed by atoms with van der Waals surface area (Å²) in [7, 11) is 3.28. The van der Waals surface area contributed by atoms with Gasteiger partial charge in [0.25, 0.3) is 0 Å². The maximum absolute atomic E-state index is 5.12. The molecule has 2 nitrogen and oxygen atoms in total. The van der Waals surface area contributed by atoms with E-state index in [0.29, 0.717) is 0 Å². The quantitative estimate of drug-likeness (QED) is 0.606. The molecule has 1 aromatic carbocycles. The molecule has 0 aliphatic heterocycles. The summed E-state index contributed by atoms with van der Waals surface area (Å²) in [6.45, 7) is 0. The predicted molar refractivity (Wildman–Crippen MR) is 69.5 cm³/mol. The summed E-state index contributed by atoms with van der Waals surface area (Å²) in [4.78, 5) is 0. The Bertz CT molecular complexity index is 264. The van der Waals surface area contributed by atoms with Gasteiger partial charge < -0.3 is 0 Å². The van der Waals surface area contributed by atoms with Crippen molar-refractivity contribution in [1.82, 2.24) is 0 Å². The molecule has 0 aromatic heterocycles. The van der Waals surface area contributed by atoms with Gasteiger partial charge >= 0.3 is 112 Å². The Balaban J connectivity index is -0.000000480. The fourth-order valence-corrected chi connectivity index (χ4v) is 1.91. The third-order valence-corrected chi connectivity index (χ3v) is 3.84. The Hall–Kier alpha value is 0.658. The van der Waals surface area contributed by atoms with Gasteiger partial charge in [-0.2, -0.15) is 0 Å². The molecule has 0 saturated heterocycles. The van der Waals surface area contributed by atoms with Crippen molar-refractivity contribution in [3.05, 3.63) is 12.1 Å². The maximum Gasteiger partial charge on any atom is 2.00 e. The van der Waals surface area contributed by atoms with Crippen LogP contribution in [-0.4, -0.2) is 70.2 Å². The molecule has 0 heterocycles. The Morgan fingerprint density at radius 1 is 0.867 bits per heavy atom. The minimum absolute atomic E-state index is 0. The van der Waals surface area contributed by atoms with Crippen LogP contribution in [0, 0.1) is 0 Å². The summed E-state index contributed by atoms with van der Waals surface area (Å²) in [5, 5.41) is 0. The van der Waals surface area contributed by atoms with E-state index in [9.17, 15) is 0 Å². The molecule has 0 atom stereocenters. The van der Waals surface area contributed by atoms with Gasteiger partial charge in [0, 0.05) is 0 Å². The predicted octanol–water partition coefficient (Wildman–Crippen LogP) is 0.183. The van der Waals surface area contributed by atoms with Gasteiger partial charge in [0.05, 0.1) is 0 Å². The first-order valence-electron chi connectivity index (χ1n) is 3.29. The second-order valence-corrected chi connectivity index (χ2v) is 3.84. The van der Waals surface area contributed by atoms with Crippen LogP contribution in [0.4, 0.5) is 0 Å². The molecule has 1 rings (SSSR count). The van der Waals surface area contributed by atoms with E-state index in [1.54, 1.807) is 14.2 Å². The number of rotatable bonds is 2. The van der Waals surface area contributed by atoms with Crippen LogP contribution in [0.3, 0.4) is 0 Å². The van der Waals surface area contributed by atoms with Crippen molar-refractivity contribution in [3.63, 3.8) is 0 Å². The van der Waals surface area contributed by atoms with Crippen molar-refractivity contribution in [1.29, 1.82) is 0 Å². The molecule has 15 heavy (non-hydrogen) atoms. The molecule has 0 bridgehead atoms. The first-order chi connectivity index (χ1) is 5.70. The Morgan fingerprint density at radius 3 is 1.33 bits per heavy atom. The molecule has 0 saturated carbocycles. The van der Waals surface area contributed by atoms with Gasteiger partial charge in [-0.25, -0.2) is 0 Å². The van der Waals surface area contributed by atoms with Crippen LogP contribution in [0.2, 0.25) is 0 Å². The SMILES string of the molecule is C.C.COc1ccc(OC)c([Se-])c1[Se-].[Sn+2]. The molecule has 0 unspecified atom stereocenters. The molecule has 0 spiro atoms. The molecule has 2 radical (unpaired) electrons. The number of ether oxygens (including phenoxy) is 2. The molecule has 0 fully saturated rings. The first-order valence-corrected chi connectivity index (χ1v) is 5.01. The van der Waals surface area contributed by atoms with E-state index in [1.807, 2.05) is 12.1 Å². The summed E-state index contributed by atoms with van der Waals surface area (Å²) in [5.41, 5.74) is 0. The smallest absolute Gasteiger partial charge is 2.00 e. The summed E-state index contributed by atoms with van der Waals surface area (Å²) < 4.78 is 12.1. The maximum atomic E-state index is 5.12. The Labute approximate surface area is 126 Å². The third kappa shape index (κ3) is 5.01. The van der Waals surface area contributed by atoms with Gasteiger partial charge in [-0.05, 0) is 0 Å². The number of hydrogen-bond acceptors (Lipinski definition) is 2. The fraction of sp³-hybridized carbons (Fsp3) is 0.400. The second-order valence-electron chi connectivity index (χ2n) is 2.13. The van der Waals surface area contributed by atoms with Crippen LogP contribution < -0.4 is 18.4 Å². The second kappa shape index (κ2) is 9.85. The molecule has 0 N–H and O–H groups in total. The molecule has 0 aliphatic rings. The monoisotopic (exact) mass is 448 g/mol. The largest absolute Gasteiger partial charge is 2.00 e. The first kappa shape index (κ1) is 21.0. The zero-order chi connectivity index (χ0) is 9.14. The number of methoxy groups -OCH3 is 2. The standard InChI is InChI=1S/C8H10O2Se2.2CH4.Sn/c1-9-5-3-4-6(10-2)8(12)7(5)11;;;/h3-4,11-12H,1-2H3;2*1H4;/q;;;+2/p-2. The van der Waals surface area contributed by atoms with E-state index in [0.717, 1.165) is 20.4 Å². The van der Waals surface area contributed by atoms with E-state index in [2.05, 4.69) is 32.0 Å². The molecule has 84 valence electrons. The minimum atomic E-state index is 0. The number of benzene rings is 1. The van der Waals surface area contributed by atoms with Crippen molar-refractivity contribution in [2.45, 2.75) is 14.9 Å². The van der Waals surface area contributed by atoms with Crippen molar-refractivity contribution >= 4 is 64.9 Å². The van der Waals surface area contributed by atoms with E-state index in [-0.39, 0.29) is 38.8 Å². The third-order valence-electron chi connectivity index (χ3n) is 1.48. The van der Waals surface area contributed by atoms with Gasteiger partial charge in [-0.3, -0.25) is 0 Å². The van der Waals surface area contributed by atoms with Gasteiger partial charge in [-0.15, -0.1) is 0 Å². The summed E-state index contributed by atoms with van der Waals surface area (Å²) in [5.74, 6) is 1.65. The van der Waals surface area contributed by atoms with Crippen LogP contribution in [0.15, 0.2) is 12.1 Å². The summed E-state index contributed by atoms with van der Waals surface area (Å²) in [6, 6.07) is 3.73. The average Bonchev–Trinajstić information content (AvgIpc) is 2.10. The Kier molecular flexibility index (Phi) is 13.8. The summed E-state index contributed by atoms with van der Waals surface area (Å²) >= 11 is 5.86. The van der Waals surface area contributed by atoms with Gasteiger partial charge in [0.1, 0.15) is 0 Å². The normalized spacial score (nSPS) is 7.60. The van der Waals surface area contributed by atoms with Gasteiger partial charge in [0.2, 0.25) is 0 Å². The van der Waals surface area contributed by atoms with Crippen molar-refractivity contribution in [2.24, 2.45) is 0 Å². The van der Waals surface area contributed by atoms with E-state index < -0.39 is 0 Å². The molecular formula is C10H16O2Se2Sn. The van der Waals surface area contributed by atoms with Crippen LogP contribution in [0.5, 0.6) is 11.5 Å². The Morgan fingerprint density at radius 2 is 1.13 bits per heavy atom. The van der Waals surface area contributed by atoms with Crippen LogP contribution in [0.1, 0.15) is 14.9 Å². The zero-order valence-electron chi connectivity index (χ0n) is 7.29. The molecule has 0 aliphatic carbocycles. The van der Waals surface area contributed by atoms with E-state index in [1.165, 1.54) is 0 Å². The zero-order valence-corrected chi connectivity index (χ0v) is 13.6. The summed E-state index contributed by atoms with van der Waals surface area (Å²) in [6.07, 6.45) is 0. The van der Waals surface area contributed by atoms with Crippen molar-refractivity contribution < 1.29 is 9.47 Å². The molecule has 1 aromatic rings. The van der Waals surface area contributed by atoms with Crippen LogP contribution in [0.25, 0.3) is 0 Å². The van der Waals surface area contributed by atoms with Gasteiger partial charge in [-0.1, -0.05) is 14.9 Å².